The van der Waals surface area contributed by atoms with E-state index in [0.717, 1.165) is 43.4 Å². The van der Waals surface area contributed by atoms with Crippen LogP contribution in [0.5, 0.6) is 0 Å². The summed E-state index contributed by atoms with van der Waals surface area (Å²) in [6.45, 7) is 4.49. The number of aromatic amines is 1. The van der Waals surface area contributed by atoms with Gasteiger partial charge in [-0.15, -0.1) is 0 Å². The number of aromatic nitrogens is 2. The maximum Gasteiger partial charge on any atom is 0.244 e. The highest BCUT2D eigenvalue weighted by Crippen LogP contribution is 2.35. The zero-order valence-electron chi connectivity index (χ0n) is 20.8. The number of piperidine rings is 1. The number of hydrogen-bond donors (Lipinski definition) is 3. The third-order valence-electron chi connectivity index (χ3n) is 7.56. The molecule has 3 amide bonds. The van der Waals surface area contributed by atoms with Gasteiger partial charge in [0.1, 0.15) is 11.4 Å². The quantitative estimate of drug-likeness (QED) is 0.485. The van der Waals surface area contributed by atoms with Gasteiger partial charge in [-0.3, -0.25) is 14.4 Å². The normalized spacial score (nSPS) is 20.6. The van der Waals surface area contributed by atoms with Gasteiger partial charge in [-0.2, -0.15) is 0 Å². The second-order valence-corrected chi connectivity index (χ2v) is 10.3. The molecule has 8 heteroatoms. The maximum atomic E-state index is 13.5. The van der Waals surface area contributed by atoms with Crippen LogP contribution in [-0.4, -0.2) is 50.7 Å². The largest absolute Gasteiger partial charge is 0.368 e. The molecule has 2 aromatic rings. The highest BCUT2D eigenvalue weighted by atomic mass is 16.2. The van der Waals surface area contributed by atoms with Crippen molar-refractivity contribution in [2.24, 2.45) is 11.7 Å². The first-order chi connectivity index (χ1) is 16.8. The van der Waals surface area contributed by atoms with E-state index in [2.05, 4.69) is 15.3 Å². The molecule has 2 heterocycles. The summed E-state index contributed by atoms with van der Waals surface area (Å²) in [7, 11) is 0. The van der Waals surface area contributed by atoms with E-state index >= 15 is 0 Å². The first-order valence-corrected chi connectivity index (χ1v) is 12.8. The maximum absolute atomic E-state index is 13.5. The van der Waals surface area contributed by atoms with Crippen LogP contribution in [-0.2, 0) is 20.8 Å². The summed E-state index contributed by atoms with van der Waals surface area (Å²) >= 11 is 0. The number of carbonyl (C=O) groups excluding carboxylic acids is 3. The monoisotopic (exact) mass is 479 g/mol. The first-order valence-electron chi connectivity index (χ1n) is 12.8. The van der Waals surface area contributed by atoms with Crippen LogP contribution < -0.4 is 11.1 Å². The highest BCUT2D eigenvalue weighted by molar-refractivity contribution is 5.96. The molecule has 1 saturated carbocycles. The second kappa shape index (κ2) is 10.6. The molecule has 0 spiro atoms. The Bertz CT molecular complexity index is 1050. The Kier molecular flexibility index (Phi) is 7.57. The lowest BCUT2D eigenvalue weighted by Crippen LogP contribution is -2.63. The van der Waals surface area contributed by atoms with Crippen molar-refractivity contribution in [3.63, 3.8) is 0 Å². The number of H-pyrrole nitrogens is 1. The van der Waals surface area contributed by atoms with Crippen molar-refractivity contribution in [1.29, 1.82) is 0 Å². The molecular weight excluding hydrogens is 442 g/mol. The van der Waals surface area contributed by atoms with Crippen molar-refractivity contribution >= 4 is 17.7 Å². The Morgan fingerprint density at radius 1 is 1.20 bits per heavy atom. The number of carbonyl (C=O) groups is 3. The van der Waals surface area contributed by atoms with Gasteiger partial charge in [0.05, 0.1) is 6.42 Å². The van der Waals surface area contributed by atoms with Gasteiger partial charge < -0.3 is 20.9 Å². The van der Waals surface area contributed by atoms with E-state index < -0.39 is 17.4 Å². The van der Waals surface area contributed by atoms with Crippen LogP contribution in [0.25, 0.3) is 0 Å². The molecule has 1 aromatic carbocycles. The van der Waals surface area contributed by atoms with Crippen molar-refractivity contribution in [3.8, 4) is 0 Å². The zero-order valence-corrected chi connectivity index (χ0v) is 20.8. The lowest BCUT2D eigenvalue weighted by molar-refractivity contribution is -0.142. The smallest absolute Gasteiger partial charge is 0.244 e. The molecule has 4 N–H and O–H groups in total. The van der Waals surface area contributed by atoms with Gasteiger partial charge in [-0.25, -0.2) is 4.98 Å². The number of hydrogen-bond acceptors (Lipinski definition) is 4. The van der Waals surface area contributed by atoms with Crippen LogP contribution >= 0.6 is 0 Å². The average molecular weight is 480 g/mol. The topological polar surface area (TPSA) is 121 Å². The molecule has 0 radical (unpaired) electrons. The summed E-state index contributed by atoms with van der Waals surface area (Å²) in [6, 6.07) is 10.1. The van der Waals surface area contributed by atoms with Crippen molar-refractivity contribution in [2.45, 2.75) is 82.7 Å². The number of likely N-dealkylation sites (tertiary alicyclic amines) is 1. The van der Waals surface area contributed by atoms with E-state index in [-0.39, 0.29) is 24.3 Å². The number of amides is 3. The van der Waals surface area contributed by atoms with Crippen LogP contribution in [0.4, 0.5) is 0 Å². The van der Waals surface area contributed by atoms with Gasteiger partial charge in [0.15, 0.2) is 0 Å². The molecule has 1 aromatic heterocycles. The lowest BCUT2D eigenvalue weighted by atomic mass is 9.79. The molecule has 8 nitrogen and oxygen atoms in total. The minimum atomic E-state index is -1.57. The third-order valence-corrected chi connectivity index (χ3v) is 7.56. The van der Waals surface area contributed by atoms with Gasteiger partial charge in [-0.05, 0) is 50.5 Å². The minimum Gasteiger partial charge on any atom is -0.368 e. The predicted molar refractivity (Wildman–Crippen MR) is 133 cm³/mol. The molecule has 188 valence electrons. The summed E-state index contributed by atoms with van der Waals surface area (Å²) < 4.78 is 0. The Hall–Kier alpha value is -3.16. The fourth-order valence-corrected chi connectivity index (χ4v) is 5.10. The molecule has 0 bridgehead atoms. The van der Waals surface area contributed by atoms with E-state index in [1.807, 2.05) is 42.2 Å². The average Bonchev–Trinajstić information content (AvgIpc) is 3.52. The van der Waals surface area contributed by atoms with Crippen molar-refractivity contribution in [1.82, 2.24) is 20.2 Å². The van der Waals surface area contributed by atoms with E-state index in [4.69, 9.17) is 5.73 Å². The van der Waals surface area contributed by atoms with Crippen LogP contribution in [0.15, 0.2) is 36.5 Å². The molecule has 1 unspecified atom stereocenters. The second-order valence-electron chi connectivity index (χ2n) is 10.3. The fraction of sp³-hybridized carbons (Fsp3) is 0.556. The summed E-state index contributed by atoms with van der Waals surface area (Å²) in [5.41, 5.74) is 6.43. The minimum absolute atomic E-state index is 0.0976. The summed E-state index contributed by atoms with van der Waals surface area (Å²) in [4.78, 5) is 49.1. The van der Waals surface area contributed by atoms with E-state index in [9.17, 15) is 14.4 Å². The molecule has 1 aliphatic heterocycles. The summed E-state index contributed by atoms with van der Waals surface area (Å²) in [5, 5.41) is 2.92. The zero-order chi connectivity index (χ0) is 25.0. The SMILES string of the molecule is C[C@H](c1ncc(Cc2ccccc2)[nH]1)C(CC(=O)N1CCCC[C@@H]1C)(NC(=O)CC1CC1)C(N)=O. The molecule has 2 aliphatic rings. The van der Waals surface area contributed by atoms with E-state index in [1.54, 1.807) is 13.1 Å². The molecular formula is C27H37N5O3. The Labute approximate surface area is 207 Å². The number of imidazole rings is 1. The highest BCUT2D eigenvalue weighted by Gasteiger charge is 2.48. The number of nitrogens with zero attached hydrogens (tertiary/aromatic N) is 2. The van der Waals surface area contributed by atoms with Gasteiger partial charge in [-0.1, -0.05) is 37.3 Å². The van der Waals surface area contributed by atoms with E-state index in [1.165, 1.54) is 0 Å². The number of benzene rings is 1. The van der Waals surface area contributed by atoms with Gasteiger partial charge >= 0.3 is 0 Å². The van der Waals surface area contributed by atoms with Crippen LogP contribution in [0.3, 0.4) is 0 Å². The van der Waals surface area contributed by atoms with Gasteiger partial charge in [0.2, 0.25) is 17.7 Å². The Morgan fingerprint density at radius 3 is 2.60 bits per heavy atom. The first kappa shape index (κ1) is 24.9. The third kappa shape index (κ3) is 5.92. The number of nitrogens with one attached hydrogen (secondary N) is 2. The molecule has 4 rings (SSSR count). The van der Waals surface area contributed by atoms with Crippen LogP contribution in [0.2, 0.25) is 0 Å². The molecule has 35 heavy (non-hydrogen) atoms. The summed E-state index contributed by atoms with van der Waals surface area (Å²) in [6.07, 6.45) is 7.52. The Balaban J connectivity index is 1.60. The Morgan fingerprint density at radius 2 is 1.94 bits per heavy atom. The van der Waals surface area contributed by atoms with Crippen molar-refractivity contribution in [3.05, 3.63) is 53.6 Å². The lowest BCUT2D eigenvalue weighted by Gasteiger charge is -2.40. The van der Waals surface area contributed by atoms with Gasteiger partial charge in [0.25, 0.3) is 0 Å². The van der Waals surface area contributed by atoms with Gasteiger partial charge in [0, 0.05) is 43.2 Å². The molecule has 1 saturated heterocycles. The van der Waals surface area contributed by atoms with Crippen LogP contribution in [0, 0.1) is 5.92 Å². The molecule has 2 fully saturated rings. The van der Waals surface area contributed by atoms with Crippen molar-refractivity contribution < 1.29 is 14.4 Å². The van der Waals surface area contributed by atoms with Crippen LogP contribution in [0.1, 0.15) is 81.8 Å². The van der Waals surface area contributed by atoms with Crippen molar-refractivity contribution in [2.75, 3.05) is 6.54 Å². The summed E-state index contributed by atoms with van der Waals surface area (Å²) in [5.74, 6) is -0.861. The number of rotatable bonds is 10. The number of nitrogens with two attached hydrogens (primary N) is 1. The standard InChI is InChI=1S/C27H37N5O3/c1-18-8-6-7-13-32(18)24(34)16-27(26(28)35,31-23(33)15-21-11-12-21)19(2)25-29-17-22(30-25)14-20-9-4-3-5-10-20/h3-5,9-10,17-19,21H,6-8,11-16H2,1-2H3,(H2,28,35)(H,29,30)(H,31,33)/t18-,19+,27?/m0/s1. The molecule has 1 aliphatic carbocycles. The fourth-order valence-electron chi connectivity index (χ4n) is 5.10. The van der Waals surface area contributed by atoms with E-state index in [0.29, 0.717) is 31.1 Å². The molecule has 3 atom stereocenters. The number of primary amides is 1. The predicted octanol–water partition coefficient (Wildman–Crippen LogP) is 3.04.